The number of fused-ring (bicyclic) bond motifs is 1. The number of methoxy groups -OCH3 is 1. The molecule has 0 saturated heterocycles. The molecule has 0 aliphatic carbocycles. The zero-order chi connectivity index (χ0) is 18.1. The van der Waals surface area contributed by atoms with Crippen LogP contribution in [-0.4, -0.2) is 18.1 Å². The number of carbonyl (C=O) groups excluding carboxylic acids is 1. The summed E-state index contributed by atoms with van der Waals surface area (Å²) in [5.74, 6) is -0.970. The molecule has 3 nitrogen and oxygen atoms in total. The fraction of sp³-hybridized carbons (Fsp3) is 0.200. The summed E-state index contributed by atoms with van der Waals surface area (Å²) in [6.07, 6.45) is 0. The first-order chi connectivity index (χ1) is 11.9. The van der Waals surface area contributed by atoms with Crippen molar-refractivity contribution in [1.82, 2.24) is 4.98 Å². The van der Waals surface area contributed by atoms with Gasteiger partial charge in [0.25, 0.3) is 0 Å². The zero-order valence-electron chi connectivity index (χ0n) is 14.1. The SMILES string of the molecule is COC(=O)c1nc2cc(Cl)ccc2c(-c2ccccc2F)c1C(C)C. The molecule has 25 heavy (non-hydrogen) atoms. The van der Waals surface area contributed by atoms with Gasteiger partial charge in [0.1, 0.15) is 5.82 Å². The Morgan fingerprint density at radius 1 is 1.20 bits per heavy atom. The molecule has 0 fully saturated rings. The van der Waals surface area contributed by atoms with Crippen LogP contribution in [0.1, 0.15) is 35.8 Å². The number of esters is 1. The van der Waals surface area contributed by atoms with Crippen LogP contribution in [0.25, 0.3) is 22.0 Å². The molecule has 3 aromatic rings. The van der Waals surface area contributed by atoms with Gasteiger partial charge in [-0.05, 0) is 35.2 Å². The molecule has 2 aromatic carbocycles. The van der Waals surface area contributed by atoms with Crippen LogP contribution in [0.4, 0.5) is 4.39 Å². The third-order valence-electron chi connectivity index (χ3n) is 4.09. The normalized spacial score (nSPS) is 11.1. The lowest BCUT2D eigenvalue weighted by Crippen LogP contribution is -2.12. The van der Waals surface area contributed by atoms with Crippen LogP contribution in [0, 0.1) is 5.82 Å². The molecule has 0 unspecified atom stereocenters. The summed E-state index contributed by atoms with van der Waals surface area (Å²) in [6, 6.07) is 11.7. The Morgan fingerprint density at radius 3 is 2.56 bits per heavy atom. The van der Waals surface area contributed by atoms with Crippen LogP contribution in [0.2, 0.25) is 5.02 Å². The van der Waals surface area contributed by atoms with Crippen molar-refractivity contribution in [2.75, 3.05) is 7.11 Å². The Bertz CT molecular complexity index is 969. The summed E-state index contributed by atoms with van der Waals surface area (Å²) in [5, 5.41) is 1.23. The summed E-state index contributed by atoms with van der Waals surface area (Å²) in [6.45, 7) is 3.88. The molecule has 0 saturated carbocycles. The van der Waals surface area contributed by atoms with Gasteiger partial charge in [-0.3, -0.25) is 0 Å². The molecule has 0 N–H and O–H groups in total. The van der Waals surface area contributed by atoms with Crippen molar-refractivity contribution < 1.29 is 13.9 Å². The quantitative estimate of drug-likeness (QED) is 0.572. The molecule has 0 spiro atoms. The smallest absolute Gasteiger partial charge is 0.356 e. The highest BCUT2D eigenvalue weighted by molar-refractivity contribution is 6.31. The average Bonchev–Trinajstić information content (AvgIpc) is 2.59. The van der Waals surface area contributed by atoms with Crippen LogP contribution in [-0.2, 0) is 4.74 Å². The number of halogens is 2. The monoisotopic (exact) mass is 357 g/mol. The lowest BCUT2D eigenvalue weighted by atomic mass is 9.88. The molecule has 0 radical (unpaired) electrons. The minimum Gasteiger partial charge on any atom is -0.464 e. The van der Waals surface area contributed by atoms with Gasteiger partial charge in [0, 0.05) is 16.0 Å². The molecule has 128 valence electrons. The van der Waals surface area contributed by atoms with Crippen LogP contribution in [0.3, 0.4) is 0 Å². The summed E-state index contributed by atoms with van der Waals surface area (Å²) in [5.41, 5.74) is 2.44. The van der Waals surface area contributed by atoms with E-state index in [1.807, 2.05) is 13.8 Å². The van der Waals surface area contributed by atoms with Gasteiger partial charge in [-0.25, -0.2) is 14.2 Å². The molecule has 0 bridgehead atoms. The standard InChI is InChI=1S/C20H17ClFNO2/c1-11(2)17-18(13-6-4-5-7-15(13)22)14-9-8-12(21)10-16(14)23-19(17)20(24)25-3/h4-11H,1-3H3. The number of carbonyl (C=O) groups is 1. The lowest BCUT2D eigenvalue weighted by Gasteiger charge is -2.19. The lowest BCUT2D eigenvalue weighted by molar-refractivity contribution is 0.0592. The number of hydrogen-bond donors (Lipinski definition) is 0. The maximum absolute atomic E-state index is 14.6. The Hall–Kier alpha value is -2.46. The summed E-state index contributed by atoms with van der Waals surface area (Å²) >= 11 is 6.09. The van der Waals surface area contributed by atoms with E-state index in [4.69, 9.17) is 16.3 Å². The highest BCUT2D eigenvalue weighted by Crippen LogP contribution is 2.39. The molecule has 0 atom stereocenters. The molecule has 0 amide bonds. The number of nitrogens with zero attached hydrogens (tertiary/aromatic N) is 1. The van der Waals surface area contributed by atoms with Crippen LogP contribution >= 0.6 is 11.6 Å². The number of pyridine rings is 1. The molecular weight excluding hydrogens is 341 g/mol. The van der Waals surface area contributed by atoms with Gasteiger partial charge >= 0.3 is 5.97 Å². The first-order valence-corrected chi connectivity index (χ1v) is 8.28. The first-order valence-electron chi connectivity index (χ1n) is 7.90. The van der Waals surface area contributed by atoms with Crippen molar-refractivity contribution in [1.29, 1.82) is 0 Å². The second-order valence-corrected chi connectivity index (χ2v) is 6.47. The van der Waals surface area contributed by atoms with E-state index in [1.165, 1.54) is 13.2 Å². The topological polar surface area (TPSA) is 39.2 Å². The van der Waals surface area contributed by atoms with Gasteiger partial charge in [0.2, 0.25) is 0 Å². The van der Waals surface area contributed by atoms with E-state index in [2.05, 4.69) is 4.98 Å². The zero-order valence-corrected chi connectivity index (χ0v) is 14.9. The van der Waals surface area contributed by atoms with E-state index < -0.39 is 5.97 Å². The Kier molecular flexibility index (Phi) is 4.73. The molecule has 0 aliphatic heterocycles. The fourth-order valence-electron chi connectivity index (χ4n) is 3.02. The van der Waals surface area contributed by atoms with Gasteiger partial charge in [0.05, 0.1) is 12.6 Å². The van der Waals surface area contributed by atoms with Gasteiger partial charge in [0.15, 0.2) is 5.69 Å². The van der Waals surface area contributed by atoms with Crippen LogP contribution in [0.15, 0.2) is 42.5 Å². The number of benzene rings is 2. The van der Waals surface area contributed by atoms with Gasteiger partial charge in [-0.15, -0.1) is 0 Å². The third-order valence-corrected chi connectivity index (χ3v) is 4.32. The van der Waals surface area contributed by atoms with E-state index in [1.54, 1.807) is 36.4 Å². The molecular formula is C20H17ClFNO2. The van der Waals surface area contributed by atoms with Crippen LogP contribution in [0.5, 0.6) is 0 Å². The predicted molar refractivity (Wildman–Crippen MR) is 97.6 cm³/mol. The van der Waals surface area contributed by atoms with E-state index in [0.717, 1.165) is 5.39 Å². The Morgan fingerprint density at radius 2 is 1.92 bits per heavy atom. The van der Waals surface area contributed by atoms with Crippen molar-refractivity contribution in [3.05, 3.63) is 64.6 Å². The highest BCUT2D eigenvalue weighted by atomic mass is 35.5. The number of rotatable bonds is 3. The number of aromatic nitrogens is 1. The predicted octanol–water partition coefficient (Wildman–Crippen LogP) is 5.60. The van der Waals surface area contributed by atoms with Gasteiger partial charge in [-0.1, -0.05) is 49.7 Å². The van der Waals surface area contributed by atoms with E-state index in [0.29, 0.717) is 27.2 Å². The van der Waals surface area contributed by atoms with Crippen molar-refractivity contribution in [2.45, 2.75) is 19.8 Å². The van der Waals surface area contributed by atoms with Crippen molar-refractivity contribution >= 4 is 28.5 Å². The Labute approximate surface area is 150 Å². The number of ether oxygens (including phenoxy) is 1. The maximum atomic E-state index is 14.6. The summed E-state index contributed by atoms with van der Waals surface area (Å²) in [7, 11) is 1.30. The van der Waals surface area contributed by atoms with Gasteiger partial charge < -0.3 is 4.74 Å². The van der Waals surface area contributed by atoms with E-state index in [-0.39, 0.29) is 17.4 Å². The van der Waals surface area contributed by atoms with Crippen LogP contribution < -0.4 is 0 Å². The molecule has 1 heterocycles. The number of hydrogen-bond acceptors (Lipinski definition) is 3. The average molecular weight is 358 g/mol. The minimum atomic E-state index is -0.553. The minimum absolute atomic E-state index is 0.0590. The summed E-state index contributed by atoms with van der Waals surface area (Å²) < 4.78 is 19.5. The first kappa shape index (κ1) is 17.4. The second kappa shape index (κ2) is 6.81. The largest absolute Gasteiger partial charge is 0.464 e. The Balaban J connectivity index is 2.52. The maximum Gasteiger partial charge on any atom is 0.356 e. The second-order valence-electron chi connectivity index (χ2n) is 6.04. The molecule has 5 heteroatoms. The fourth-order valence-corrected chi connectivity index (χ4v) is 3.19. The van der Waals surface area contributed by atoms with Gasteiger partial charge in [-0.2, -0.15) is 0 Å². The highest BCUT2D eigenvalue weighted by Gasteiger charge is 2.25. The molecule has 0 aliphatic rings. The summed E-state index contributed by atoms with van der Waals surface area (Å²) in [4.78, 5) is 16.8. The molecule has 1 aromatic heterocycles. The van der Waals surface area contributed by atoms with Crippen molar-refractivity contribution in [3.8, 4) is 11.1 Å². The molecule has 3 rings (SSSR count). The van der Waals surface area contributed by atoms with E-state index in [9.17, 15) is 9.18 Å². The van der Waals surface area contributed by atoms with Crippen molar-refractivity contribution in [3.63, 3.8) is 0 Å². The third kappa shape index (κ3) is 3.10. The van der Waals surface area contributed by atoms with Crippen molar-refractivity contribution in [2.24, 2.45) is 0 Å². The van der Waals surface area contributed by atoms with E-state index >= 15 is 0 Å².